The van der Waals surface area contributed by atoms with Crippen LogP contribution in [0.4, 0.5) is 0 Å². The first kappa shape index (κ1) is 13.7. The zero-order valence-electron chi connectivity index (χ0n) is 10.7. The summed E-state index contributed by atoms with van der Waals surface area (Å²) < 4.78 is 5.06. The molecular weight excluding hydrogens is 218 g/mol. The number of amides is 1. The summed E-state index contributed by atoms with van der Waals surface area (Å²) in [6.45, 7) is 5.53. The fraction of sp³-hybridized carbons (Fsp3) is 0.667. The summed E-state index contributed by atoms with van der Waals surface area (Å²) in [5, 5.41) is 9.66. The Hall–Kier alpha value is -1.36. The Balaban J connectivity index is 2.57. The highest BCUT2D eigenvalue weighted by atomic mass is 16.5. The van der Waals surface area contributed by atoms with Crippen LogP contribution in [0.3, 0.4) is 0 Å². The Kier molecular flexibility index (Phi) is 5.69. The summed E-state index contributed by atoms with van der Waals surface area (Å²) in [6, 6.07) is 1.74. The van der Waals surface area contributed by atoms with Crippen LogP contribution < -0.4 is 10.6 Å². The van der Waals surface area contributed by atoms with Gasteiger partial charge in [0.15, 0.2) is 0 Å². The van der Waals surface area contributed by atoms with Crippen molar-refractivity contribution in [1.82, 2.24) is 15.8 Å². The maximum absolute atomic E-state index is 11.7. The highest BCUT2D eigenvalue weighted by Gasteiger charge is 2.16. The molecule has 0 fully saturated rings. The van der Waals surface area contributed by atoms with E-state index in [-0.39, 0.29) is 5.91 Å². The van der Waals surface area contributed by atoms with Gasteiger partial charge in [0.2, 0.25) is 5.76 Å². The highest BCUT2D eigenvalue weighted by molar-refractivity contribution is 5.91. The molecule has 0 atom stereocenters. The number of aromatic nitrogens is 1. The molecule has 17 heavy (non-hydrogen) atoms. The van der Waals surface area contributed by atoms with E-state index in [2.05, 4.69) is 29.6 Å². The monoisotopic (exact) mass is 239 g/mol. The SMILES string of the molecule is CCC(CC)c1cc(C(=O)NCCNC)on1. The second kappa shape index (κ2) is 7.06. The van der Waals surface area contributed by atoms with Gasteiger partial charge in [-0.3, -0.25) is 4.79 Å². The molecule has 0 aliphatic heterocycles. The molecule has 1 heterocycles. The van der Waals surface area contributed by atoms with Crippen LogP contribution in [0.25, 0.3) is 0 Å². The number of likely N-dealkylation sites (N-methyl/N-ethyl adjacent to an activating group) is 1. The van der Waals surface area contributed by atoms with E-state index in [0.717, 1.165) is 25.1 Å². The lowest BCUT2D eigenvalue weighted by atomic mass is 9.99. The fourth-order valence-corrected chi connectivity index (χ4v) is 1.68. The minimum atomic E-state index is -0.204. The van der Waals surface area contributed by atoms with Crippen LogP contribution in [0.5, 0.6) is 0 Å². The largest absolute Gasteiger partial charge is 0.351 e. The van der Waals surface area contributed by atoms with Crippen molar-refractivity contribution in [1.29, 1.82) is 0 Å². The van der Waals surface area contributed by atoms with Gasteiger partial charge in [-0.25, -0.2) is 0 Å². The molecular formula is C12H21N3O2. The standard InChI is InChI=1S/C12H21N3O2/c1-4-9(5-2)10-8-11(17-15-10)12(16)14-7-6-13-3/h8-9,13H,4-7H2,1-3H3,(H,14,16). The Morgan fingerprint density at radius 2 is 2.12 bits per heavy atom. The molecule has 0 spiro atoms. The van der Waals surface area contributed by atoms with Gasteiger partial charge in [-0.2, -0.15) is 0 Å². The van der Waals surface area contributed by atoms with Crippen LogP contribution in [-0.4, -0.2) is 31.2 Å². The van der Waals surface area contributed by atoms with Crippen LogP contribution >= 0.6 is 0 Å². The zero-order chi connectivity index (χ0) is 12.7. The van der Waals surface area contributed by atoms with Gasteiger partial charge in [-0.1, -0.05) is 19.0 Å². The van der Waals surface area contributed by atoms with Crippen molar-refractivity contribution < 1.29 is 9.32 Å². The van der Waals surface area contributed by atoms with Crippen molar-refractivity contribution in [2.75, 3.05) is 20.1 Å². The predicted molar refractivity (Wildman–Crippen MR) is 66.1 cm³/mol. The van der Waals surface area contributed by atoms with Crippen molar-refractivity contribution in [3.8, 4) is 0 Å². The molecule has 0 aliphatic rings. The summed E-state index contributed by atoms with van der Waals surface area (Å²) in [5.74, 6) is 0.463. The molecule has 1 rings (SSSR count). The van der Waals surface area contributed by atoms with Gasteiger partial charge < -0.3 is 15.2 Å². The van der Waals surface area contributed by atoms with E-state index < -0.39 is 0 Å². The van der Waals surface area contributed by atoms with Crippen LogP contribution in [0.15, 0.2) is 10.6 Å². The van der Waals surface area contributed by atoms with E-state index in [9.17, 15) is 4.79 Å². The molecule has 0 bridgehead atoms. The summed E-state index contributed by atoms with van der Waals surface area (Å²) in [4.78, 5) is 11.7. The van der Waals surface area contributed by atoms with Crippen LogP contribution in [-0.2, 0) is 0 Å². The molecule has 0 radical (unpaired) electrons. The lowest BCUT2D eigenvalue weighted by Gasteiger charge is -2.05. The third-order valence-electron chi connectivity index (χ3n) is 2.82. The number of nitrogens with zero attached hydrogens (tertiary/aromatic N) is 1. The highest BCUT2D eigenvalue weighted by Crippen LogP contribution is 2.22. The second-order valence-electron chi connectivity index (χ2n) is 3.99. The topological polar surface area (TPSA) is 67.2 Å². The molecule has 0 saturated carbocycles. The maximum atomic E-state index is 11.7. The van der Waals surface area contributed by atoms with E-state index in [0.29, 0.717) is 18.2 Å². The van der Waals surface area contributed by atoms with E-state index in [1.165, 1.54) is 0 Å². The molecule has 1 amide bonds. The van der Waals surface area contributed by atoms with E-state index in [1.807, 2.05) is 7.05 Å². The summed E-state index contributed by atoms with van der Waals surface area (Å²) >= 11 is 0. The molecule has 0 aliphatic carbocycles. The van der Waals surface area contributed by atoms with Gasteiger partial charge in [-0.05, 0) is 19.9 Å². The Morgan fingerprint density at radius 1 is 1.41 bits per heavy atom. The van der Waals surface area contributed by atoms with Crippen LogP contribution in [0.2, 0.25) is 0 Å². The van der Waals surface area contributed by atoms with E-state index in [4.69, 9.17) is 4.52 Å². The van der Waals surface area contributed by atoms with E-state index >= 15 is 0 Å². The molecule has 0 unspecified atom stereocenters. The first-order valence-electron chi connectivity index (χ1n) is 6.12. The predicted octanol–water partition coefficient (Wildman–Crippen LogP) is 1.53. The van der Waals surface area contributed by atoms with E-state index in [1.54, 1.807) is 6.07 Å². The average molecular weight is 239 g/mol. The maximum Gasteiger partial charge on any atom is 0.289 e. The van der Waals surface area contributed by atoms with Gasteiger partial charge in [-0.15, -0.1) is 0 Å². The van der Waals surface area contributed by atoms with Gasteiger partial charge in [0.1, 0.15) is 0 Å². The number of carbonyl (C=O) groups is 1. The zero-order valence-corrected chi connectivity index (χ0v) is 10.7. The van der Waals surface area contributed by atoms with Crippen molar-refractivity contribution in [3.63, 3.8) is 0 Å². The fourth-order valence-electron chi connectivity index (χ4n) is 1.68. The molecule has 2 N–H and O–H groups in total. The smallest absolute Gasteiger partial charge is 0.289 e. The first-order chi connectivity index (χ1) is 8.22. The van der Waals surface area contributed by atoms with Crippen molar-refractivity contribution in [2.45, 2.75) is 32.6 Å². The minimum Gasteiger partial charge on any atom is -0.351 e. The van der Waals surface area contributed by atoms with Gasteiger partial charge in [0, 0.05) is 25.1 Å². The number of nitrogens with one attached hydrogen (secondary N) is 2. The number of rotatable bonds is 7. The number of hydrogen-bond donors (Lipinski definition) is 2. The molecule has 0 saturated heterocycles. The van der Waals surface area contributed by atoms with Crippen molar-refractivity contribution in [3.05, 3.63) is 17.5 Å². The quantitative estimate of drug-likeness (QED) is 0.708. The van der Waals surface area contributed by atoms with Crippen LogP contribution in [0.1, 0.15) is 48.9 Å². The van der Waals surface area contributed by atoms with Gasteiger partial charge >= 0.3 is 0 Å². The summed E-state index contributed by atoms with van der Waals surface area (Å²) in [7, 11) is 1.84. The Labute approximate surface area is 102 Å². The third kappa shape index (κ3) is 3.85. The van der Waals surface area contributed by atoms with Crippen molar-refractivity contribution >= 4 is 5.91 Å². The van der Waals surface area contributed by atoms with Gasteiger partial charge in [0.25, 0.3) is 5.91 Å². The second-order valence-corrected chi connectivity index (χ2v) is 3.99. The first-order valence-corrected chi connectivity index (χ1v) is 6.12. The molecule has 5 nitrogen and oxygen atoms in total. The van der Waals surface area contributed by atoms with Crippen LogP contribution in [0, 0.1) is 0 Å². The Morgan fingerprint density at radius 3 is 2.71 bits per heavy atom. The minimum absolute atomic E-state index is 0.204. The Bertz CT molecular complexity index is 345. The lowest BCUT2D eigenvalue weighted by molar-refractivity contribution is 0.0917. The number of carbonyl (C=O) groups excluding carboxylic acids is 1. The molecule has 1 aromatic rings. The number of hydrogen-bond acceptors (Lipinski definition) is 4. The summed E-state index contributed by atoms with van der Waals surface area (Å²) in [5.41, 5.74) is 0.869. The van der Waals surface area contributed by atoms with Gasteiger partial charge in [0.05, 0.1) is 5.69 Å². The molecule has 1 aromatic heterocycles. The third-order valence-corrected chi connectivity index (χ3v) is 2.82. The average Bonchev–Trinajstić information content (AvgIpc) is 2.80. The lowest BCUT2D eigenvalue weighted by Crippen LogP contribution is -2.30. The molecule has 0 aromatic carbocycles. The van der Waals surface area contributed by atoms with Crippen molar-refractivity contribution in [2.24, 2.45) is 0 Å². The molecule has 96 valence electrons. The summed E-state index contributed by atoms with van der Waals surface area (Å²) in [6.07, 6.45) is 2.01. The normalized spacial score (nSPS) is 10.8. The molecule has 5 heteroatoms.